The minimum atomic E-state index is -1.05. The monoisotopic (exact) mass is 398 g/mol. The van der Waals surface area contributed by atoms with E-state index in [1.165, 1.54) is 73.9 Å². The van der Waals surface area contributed by atoms with Gasteiger partial charge in [0.05, 0.1) is 17.6 Å². The highest BCUT2D eigenvalue weighted by molar-refractivity contribution is 6.52. The van der Waals surface area contributed by atoms with Crippen LogP contribution < -0.4 is 3.79 Å². The summed E-state index contributed by atoms with van der Waals surface area (Å²) in [5.41, 5.74) is 2.29. The Labute approximate surface area is 177 Å². The second kappa shape index (κ2) is 13.9. The predicted molar refractivity (Wildman–Crippen MR) is 122 cm³/mol. The second-order valence-corrected chi connectivity index (χ2v) is 11.0. The summed E-state index contributed by atoms with van der Waals surface area (Å²) in [6, 6.07) is 8.48. The average molecular weight is 399 g/mol. The molecule has 0 aliphatic heterocycles. The third-order valence-electron chi connectivity index (χ3n) is 5.52. The Morgan fingerprint density at radius 2 is 1.43 bits per heavy atom. The first-order chi connectivity index (χ1) is 13.8. The Hall–Kier alpha value is -1.24. The van der Waals surface area contributed by atoms with Gasteiger partial charge >= 0.3 is 14.5 Å². The molecule has 154 valence electrons. The lowest BCUT2D eigenvalue weighted by Crippen LogP contribution is -2.18. The average Bonchev–Trinajstić information content (AvgIpc) is 3.20. The van der Waals surface area contributed by atoms with Crippen LogP contribution in [-0.4, -0.2) is 24.5 Å². The van der Waals surface area contributed by atoms with E-state index in [1.54, 1.807) is 0 Å². The topological polar surface area (TPSA) is 37.9 Å². The minimum Gasteiger partial charge on any atom is -0.643 e. The molecule has 0 saturated carbocycles. The van der Waals surface area contributed by atoms with E-state index in [1.807, 2.05) is 6.20 Å². The molecule has 0 bridgehead atoms. The number of nitrogens with zero attached hydrogens (tertiary/aromatic N) is 1. The van der Waals surface area contributed by atoms with E-state index in [-0.39, 0.29) is 0 Å². The zero-order chi connectivity index (χ0) is 20.0. The Bertz CT molecular complexity index is 634. The van der Waals surface area contributed by atoms with Gasteiger partial charge in [0.25, 0.3) is 0 Å². The van der Waals surface area contributed by atoms with E-state index in [9.17, 15) is 0 Å². The van der Waals surface area contributed by atoms with Crippen molar-refractivity contribution in [3.05, 3.63) is 36.3 Å². The Balaban J connectivity index is 1.69. The fourth-order valence-electron chi connectivity index (χ4n) is 3.60. The number of unbranched alkanes of at least 4 members (excludes halogenated alkanes) is 8. The Kier molecular flexibility index (Phi) is 11.4. The molecule has 0 aliphatic rings. The third-order valence-corrected chi connectivity index (χ3v) is 7.95. The summed E-state index contributed by atoms with van der Waals surface area (Å²) in [6.45, 7) is 6.74. The first-order valence-corrected chi connectivity index (χ1v) is 13.7. The van der Waals surface area contributed by atoms with Crippen LogP contribution >= 0.6 is 0 Å². The lowest BCUT2D eigenvalue weighted by molar-refractivity contribution is 0.562. The molecule has 0 amide bonds. The Morgan fingerprint density at radius 3 is 2.04 bits per heavy atom. The van der Waals surface area contributed by atoms with Crippen LogP contribution in [0.5, 0.6) is 5.75 Å². The number of aryl methyl sites for hydroxylation is 1. The highest BCUT2D eigenvalue weighted by Crippen LogP contribution is 2.22. The summed E-state index contributed by atoms with van der Waals surface area (Å²) >= 11 is -1.05. The summed E-state index contributed by atoms with van der Waals surface area (Å²) in [5, 5.41) is 2.36. The first kappa shape index (κ1) is 23.0. The largest absolute Gasteiger partial charge is 0.643 e. The number of aromatic amines is 1. The van der Waals surface area contributed by atoms with E-state index in [0.29, 0.717) is 0 Å². The Morgan fingerprint density at radius 1 is 0.821 bits per heavy atom. The molecular formula is C24H39AlN2O. The van der Waals surface area contributed by atoms with E-state index < -0.39 is 14.5 Å². The zero-order valence-electron chi connectivity index (χ0n) is 18.3. The maximum atomic E-state index is 6.13. The van der Waals surface area contributed by atoms with Crippen molar-refractivity contribution in [3.8, 4) is 17.0 Å². The SMILES string of the molecule is CCCCCCCCCCCc1ncc(-c2ccc([O][Al]([CH2]C)[CH2]C)cc2)[nH]1. The number of imidazole rings is 1. The van der Waals surface area contributed by atoms with Crippen molar-refractivity contribution in [2.75, 3.05) is 0 Å². The smallest absolute Gasteiger partial charge is 0.546 e. The van der Waals surface area contributed by atoms with Crippen LogP contribution in [0.25, 0.3) is 11.3 Å². The van der Waals surface area contributed by atoms with Crippen LogP contribution in [0.15, 0.2) is 30.5 Å². The molecule has 0 spiro atoms. The lowest BCUT2D eigenvalue weighted by atomic mass is 10.1. The highest BCUT2D eigenvalue weighted by Gasteiger charge is 2.17. The van der Waals surface area contributed by atoms with Gasteiger partial charge in [0.2, 0.25) is 0 Å². The second-order valence-electron chi connectivity index (χ2n) is 7.90. The number of hydrogen-bond acceptors (Lipinski definition) is 2. The molecule has 1 heterocycles. The van der Waals surface area contributed by atoms with Gasteiger partial charge in [-0.2, -0.15) is 0 Å². The highest BCUT2D eigenvalue weighted by atomic mass is 27.2. The summed E-state index contributed by atoms with van der Waals surface area (Å²) in [6.07, 6.45) is 15.3. The number of aromatic nitrogens is 2. The number of rotatable bonds is 15. The fraction of sp³-hybridized carbons (Fsp3) is 0.625. The van der Waals surface area contributed by atoms with Crippen LogP contribution in [0.4, 0.5) is 0 Å². The van der Waals surface area contributed by atoms with Crippen LogP contribution in [-0.2, 0) is 6.42 Å². The molecule has 2 aromatic rings. The molecule has 0 radical (unpaired) electrons. The molecule has 2 rings (SSSR count). The van der Waals surface area contributed by atoms with Crippen LogP contribution in [0.2, 0.25) is 10.6 Å². The normalized spacial score (nSPS) is 11.0. The number of H-pyrrole nitrogens is 1. The van der Waals surface area contributed by atoms with Crippen LogP contribution in [0.3, 0.4) is 0 Å². The molecule has 0 aliphatic carbocycles. The van der Waals surface area contributed by atoms with Crippen molar-refractivity contribution >= 4 is 14.5 Å². The van der Waals surface area contributed by atoms with Crippen molar-refractivity contribution in [1.82, 2.24) is 9.97 Å². The molecule has 1 aromatic carbocycles. The quantitative estimate of drug-likeness (QED) is 0.248. The van der Waals surface area contributed by atoms with E-state index in [0.717, 1.165) is 23.7 Å². The lowest BCUT2D eigenvalue weighted by Gasteiger charge is -2.12. The molecule has 0 fully saturated rings. The first-order valence-electron chi connectivity index (χ1n) is 11.6. The fourth-order valence-corrected chi connectivity index (χ4v) is 5.05. The summed E-state index contributed by atoms with van der Waals surface area (Å²) in [7, 11) is 0. The molecular weight excluding hydrogens is 359 g/mol. The number of hydrogen-bond donors (Lipinski definition) is 1. The molecule has 0 atom stereocenters. The summed E-state index contributed by atoms with van der Waals surface area (Å²) < 4.78 is 6.13. The van der Waals surface area contributed by atoms with Crippen LogP contribution in [0.1, 0.15) is 84.4 Å². The van der Waals surface area contributed by atoms with E-state index in [2.05, 4.69) is 55.0 Å². The molecule has 0 saturated heterocycles. The van der Waals surface area contributed by atoms with E-state index >= 15 is 0 Å². The van der Waals surface area contributed by atoms with Gasteiger partial charge in [-0.15, -0.1) is 0 Å². The van der Waals surface area contributed by atoms with Crippen molar-refractivity contribution in [1.29, 1.82) is 0 Å². The van der Waals surface area contributed by atoms with Crippen molar-refractivity contribution in [2.45, 2.75) is 95.5 Å². The van der Waals surface area contributed by atoms with Gasteiger partial charge in [-0.3, -0.25) is 0 Å². The zero-order valence-corrected chi connectivity index (χ0v) is 19.5. The predicted octanol–water partition coefficient (Wildman–Crippen LogP) is 7.56. The van der Waals surface area contributed by atoms with Gasteiger partial charge in [-0.25, -0.2) is 4.98 Å². The van der Waals surface area contributed by atoms with Crippen molar-refractivity contribution < 1.29 is 3.79 Å². The minimum absolute atomic E-state index is 1.01. The van der Waals surface area contributed by atoms with Gasteiger partial charge < -0.3 is 8.77 Å². The molecule has 1 N–H and O–H groups in total. The van der Waals surface area contributed by atoms with Crippen LogP contribution in [0, 0.1) is 0 Å². The van der Waals surface area contributed by atoms with Gasteiger partial charge in [0.1, 0.15) is 5.82 Å². The third kappa shape index (κ3) is 8.42. The van der Waals surface area contributed by atoms with Gasteiger partial charge in [-0.05, 0) is 36.2 Å². The van der Waals surface area contributed by atoms with Gasteiger partial charge in [0, 0.05) is 6.42 Å². The molecule has 28 heavy (non-hydrogen) atoms. The van der Waals surface area contributed by atoms with Gasteiger partial charge in [0.15, 0.2) is 0 Å². The maximum Gasteiger partial charge on any atom is 0.546 e. The van der Waals surface area contributed by atoms with Gasteiger partial charge in [-0.1, -0.05) is 82.7 Å². The maximum absolute atomic E-state index is 6.13. The standard InChI is InChI=1S/C20H30N2O.2C2H5.Al/c1-2-3-4-5-6-7-8-9-10-11-20-21-16-19(22-20)17-12-14-18(23)15-13-17;2*1-2;/h12-16,23H,2-11H2,1H3,(H,21,22);2*1H2,2H3;/q;;;+1/p-1. The number of benzene rings is 1. The summed E-state index contributed by atoms with van der Waals surface area (Å²) in [4.78, 5) is 8.07. The van der Waals surface area contributed by atoms with E-state index in [4.69, 9.17) is 3.79 Å². The van der Waals surface area contributed by atoms with Crippen molar-refractivity contribution in [3.63, 3.8) is 0 Å². The molecule has 3 nitrogen and oxygen atoms in total. The molecule has 0 unspecified atom stereocenters. The number of nitrogens with one attached hydrogen (secondary N) is 1. The van der Waals surface area contributed by atoms with Crippen molar-refractivity contribution in [2.24, 2.45) is 0 Å². The summed E-state index contributed by atoms with van der Waals surface area (Å²) in [5.74, 6) is 2.13. The molecule has 4 heteroatoms. The molecule has 1 aromatic heterocycles.